The molecular weight excluding hydrogens is 270 g/mol. The highest BCUT2D eigenvalue weighted by molar-refractivity contribution is 7.99. The normalized spacial score (nSPS) is 17.8. The topological polar surface area (TPSA) is 61.0 Å². The summed E-state index contributed by atoms with van der Waals surface area (Å²) in [5, 5.41) is 0.717. The molecule has 0 spiro atoms. The number of nitrogens with zero attached hydrogens (tertiary/aromatic N) is 2. The number of benzene rings is 1. The van der Waals surface area contributed by atoms with Gasteiger partial charge >= 0.3 is 0 Å². The number of rotatable bonds is 3. The van der Waals surface area contributed by atoms with Crippen LogP contribution >= 0.6 is 11.8 Å². The quantitative estimate of drug-likeness (QED) is 0.695. The van der Waals surface area contributed by atoms with E-state index >= 15 is 0 Å². The fourth-order valence-corrected chi connectivity index (χ4v) is 3.35. The molecule has 3 rings (SSSR count). The number of anilines is 1. The fraction of sp³-hybridized carbons (Fsp3) is 0.333. The molecule has 1 aromatic heterocycles. The molecular formula is C15H17N3OS. The smallest absolute Gasteiger partial charge is 0.189 e. The first kappa shape index (κ1) is 13.4. The van der Waals surface area contributed by atoms with E-state index in [1.165, 1.54) is 11.1 Å². The SMILES string of the molecule is Cc1cc(N)nc(SCC2OCCc3ccccc32)n1. The lowest BCUT2D eigenvalue weighted by atomic mass is 9.99. The van der Waals surface area contributed by atoms with E-state index in [2.05, 4.69) is 34.2 Å². The maximum atomic E-state index is 5.88. The van der Waals surface area contributed by atoms with Crippen molar-refractivity contribution in [1.82, 2.24) is 9.97 Å². The molecule has 2 heterocycles. The van der Waals surface area contributed by atoms with Crippen molar-refractivity contribution in [2.45, 2.75) is 24.6 Å². The number of thioether (sulfide) groups is 1. The van der Waals surface area contributed by atoms with Crippen LogP contribution < -0.4 is 5.73 Å². The Morgan fingerprint density at radius 1 is 1.35 bits per heavy atom. The Labute approximate surface area is 122 Å². The molecule has 0 saturated heterocycles. The maximum absolute atomic E-state index is 5.88. The summed E-state index contributed by atoms with van der Waals surface area (Å²) in [6.45, 7) is 2.70. The highest BCUT2D eigenvalue weighted by Gasteiger charge is 2.20. The summed E-state index contributed by atoms with van der Waals surface area (Å²) in [7, 11) is 0. The molecule has 1 atom stereocenters. The van der Waals surface area contributed by atoms with Crippen LogP contribution in [0.3, 0.4) is 0 Å². The number of nitrogens with two attached hydrogens (primary N) is 1. The van der Waals surface area contributed by atoms with Gasteiger partial charge in [-0.15, -0.1) is 0 Å². The van der Waals surface area contributed by atoms with Crippen LogP contribution in [0.2, 0.25) is 0 Å². The summed E-state index contributed by atoms with van der Waals surface area (Å²) >= 11 is 1.59. The van der Waals surface area contributed by atoms with Crippen molar-refractivity contribution in [3.8, 4) is 0 Å². The van der Waals surface area contributed by atoms with Gasteiger partial charge in [-0.05, 0) is 24.5 Å². The van der Waals surface area contributed by atoms with E-state index in [-0.39, 0.29) is 6.10 Å². The van der Waals surface area contributed by atoms with Crippen molar-refractivity contribution in [3.05, 3.63) is 47.2 Å². The molecule has 2 N–H and O–H groups in total. The van der Waals surface area contributed by atoms with Crippen LogP contribution in [0.1, 0.15) is 22.9 Å². The van der Waals surface area contributed by atoms with E-state index in [4.69, 9.17) is 10.5 Å². The third kappa shape index (κ3) is 2.94. The molecule has 0 bridgehead atoms. The maximum Gasteiger partial charge on any atom is 0.189 e. The lowest BCUT2D eigenvalue weighted by Gasteiger charge is -2.25. The Bertz CT molecular complexity index is 598. The Balaban J connectivity index is 1.73. The summed E-state index contributed by atoms with van der Waals surface area (Å²) in [6.07, 6.45) is 1.10. The van der Waals surface area contributed by atoms with Gasteiger partial charge < -0.3 is 10.5 Å². The second-order valence-corrected chi connectivity index (χ2v) is 5.82. The summed E-state index contributed by atoms with van der Waals surface area (Å²) < 4.78 is 5.88. The molecule has 0 saturated carbocycles. The van der Waals surface area contributed by atoms with Crippen LogP contribution in [0.5, 0.6) is 0 Å². The lowest BCUT2D eigenvalue weighted by Crippen LogP contribution is -2.18. The number of hydrogen-bond acceptors (Lipinski definition) is 5. The molecule has 20 heavy (non-hydrogen) atoms. The Kier molecular flexibility index (Phi) is 3.89. The van der Waals surface area contributed by atoms with Crippen LogP contribution in [-0.2, 0) is 11.2 Å². The van der Waals surface area contributed by atoms with E-state index in [9.17, 15) is 0 Å². The number of fused-ring (bicyclic) bond motifs is 1. The van der Waals surface area contributed by atoms with E-state index < -0.39 is 0 Å². The van der Waals surface area contributed by atoms with Gasteiger partial charge in [0, 0.05) is 17.5 Å². The van der Waals surface area contributed by atoms with Gasteiger partial charge in [-0.3, -0.25) is 0 Å². The molecule has 5 heteroatoms. The monoisotopic (exact) mass is 287 g/mol. The number of aromatic nitrogens is 2. The molecule has 4 nitrogen and oxygen atoms in total. The van der Waals surface area contributed by atoms with Crippen molar-refractivity contribution in [3.63, 3.8) is 0 Å². The van der Waals surface area contributed by atoms with Gasteiger partial charge in [-0.1, -0.05) is 36.0 Å². The van der Waals surface area contributed by atoms with E-state index in [1.807, 2.05) is 6.92 Å². The van der Waals surface area contributed by atoms with Gasteiger partial charge in [0.05, 0.1) is 12.7 Å². The molecule has 0 amide bonds. The van der Waals surface area contributed by atoms with Crippen molar-refractivity contribution in [2.75, 3.05) is 18.1 Å². The Morgan fingerprint density at radius 2 is 2.20 bits per heavy atom. The van der Waals surface area contributed by atoms with Crippen molar-refractivity contribution in [1.29, 1.82) is 0 Å². The third-order valence-electron chi connectivity index (χ3n) is 3.31. The lowest BCUT2D eigenvalue weighted by molar-refractivity contribution is 0.0587. The molecule has 1 aromatic carbocycles. The first-order valence-electron chi connectivity index (χ1n) is 6.66. The van der Waals surface area contributed by atoms with Gasteiger partial charge in [0.25, 0.3) is 0 Å². The predicted octanol–water partition coefficient (Wildman–Crippen LogP) is 2.77. The Morgan fingerprint density at radius 3 is 3.05 bits per heavy atom. The first-order chi connectivity index (χ1) is 9.72. The zero-order valence-corrected chi connectivity index (χ0v) is 12.2. The number of nitrogen functional groups attached to an aromatic ring is 1. The van der Waals surface area contributed by atoms with Crippen molar-refractivity contribution >= 4 is 17.6 Å². The number of ether oxygens (including phenoxy) is 1. The minimum Gasteiger partial charge on any atom is -0.384 e. The molecule has 1 aliphatic heterocycles. The molecule has 0 radical (unpaired) electrons. The van der Waals surface area contributed by atoms with E-state index in [0.29, 0.717) is 11.0 Å². The second-order valence-electron chi connectivity index (χ2n) is 4.84. The molecule has 2 aromatic rings. The zero-order valence-electron chi connectivity index (χ0n) is 11.4. The van der Waals surface area contributed by atoms with Gasteiger partial charge in [0.1, 0.15) is 5.82 Å². The Hall–Kier alpha value is -1.59. The van der Waals surface area contributed by atoms with Crippen LogP contribution in [0, 0.1) is 6.92 Å². The van der Waals surface area contributed by atoms with Crippen LogP contribution in [-0.4, -0.2) is 22.3 Å². The van der Waals surface area contributed by atoms with E-state index in [1.54, 1.807) is 17.8 Å². The highest BCUT2D eigenvalue weighted by atomic mass is 32.2. The summed E-state index contributed by atoms with van der Waals surface area (Å²) in [4.78, 5) is 8.64. The minimum absolute atomic E-state index is 0.107. The van der Waals surface area contributed by atoms with Crippen molar-refractivity contribution < 1.29 is 4.74 Å². The van der Waals surface area contributed by atoms with Crippen LogP contribution in [0.25, 0.3) is 0 Å². The van der Waals surface area contributed by atoms with Crippen molar-refractivity contribution in [2.24, 2.45) is 0 Å². The number of hydrogen-bond donors (Lipinski definition) is 1. The second kappa shape index (κ2) is 5.81. The highest BCUT2D eigenvalue weighted by Crippen LogP contribution is 2.31. The number of aryl methyl sites for hydroxylation is 1. The average molecular weight is 287 g/mol. The molecule has 0 fully saturated rings. The molecule has 0 aliphatic carbocycles. The summed E-state index contributed by atoms with van der Waals surface area (Å²) in [6, 6.07) is 10.2. The average Bonchev–Trinajstić information content (AvgIpc) is 2.44. The largest absolute Gasteiger partial charge is 0.384 e. The molecule has 104 valence electrons. The molecule has 1 aliphatic rings. The first-order valence-corrected chi connectivity index (χ1v) is 7.64. The van der Waals surface area contributed by atoms with Crippen LogP contribution in [0.15, 0.2) is 35.5 Å². The molecule has 1 unspecified atom stereocenters. The standard InChI is InChI=1S/C15H17N3OS/c1-10-8-14(16)18-15(17-10)20-9-13-12-5-3-2-4-11(12)6-7-19-13/h2-5,8,13H,6-7,9H2,1H3,(H2,16,17,18). The van der Waals surface area contributed by atoms with Gasteiger partial charge in [0.15, 0.2) is 5.16 Å². The minimum atomic E-state index is 0.107. The van der Waals surface area contributed by atoms with Crippen LogP contribution in [0.4, 0.5) is 5.82 Å². The predicted molar refractivity (Wildman–Crippen MR) is 80.7 cm³/mol. The fourth-order valence-electron chi connectivity index (χ4n) is 2.39. The zero-order chi connectivity index (χ0) is 13.9. The van der Waals surface area contributed by atoms with Gasteiger partial charge in [-0.25, -0.2) is 9.97 Å². The van der Waals surface area contributed by atoms with Gasteiger partial charge in [0.2, 0.25) is 0 Å². The summed E-state index contributed by atoms with van der Waals surface area (Å²) in [5.41, 5.74) is 9.31. The van der Waals surface area contributed by atoms with Gasteiger partial charge in [-0.2, -0.15) is 0 Å². The third-order valence-corrected chi connectivity index (χ3v) is 4.22. The van der Waals surface area contributed by atoms with E-state index in [0.717, 1.165) is 24.5 Å². The summed E-state index contributed by atoms with van der Waals surface area (Å²) in [5.74, 6) is 1.32.